The first-order chi connectivity index (χ1) is 12.4. The number of imidazole rings is 1. The van der Waals surface area contributed by atoms with Gasteiger partial charge in [0.15, 0.2) is 0 Å². The Morgan fingerprint density at radius 1 is 1.08 bits per heavy atom. The Morgan fingerprint density at radius 2 is 1.62 bits per heavy atom. The van der Waals surface area contributed by atoms with Gasteiger partial charge in [0.2, 0.25) is 0 Å². The van der Waals surface area contributed by atoms with Gasteiger partial charge in [-0.25, -0.2) is 0 Å². The summed E-state index contributed by atoms with van der Waals surface area (Å²) in [6.45, 7) is 6.83. The van der Waals surface area contributed by atoms with Gasteiger partial charge >= 0.3 is 167 Å². The zero-order chi connectivity index (χ0) is 19.2. The van der Waals surface area contributed by atoms with Crippen LogP contribution in [0.2, 0.25) is 13.3 Å². The van der Waals surface area contributed by atoms with Crippen LogP contribution in [0.3, 0.4) is 0 Å². The number of hydrogen-bond acceptors (Lipinski definition) is 4. The Labute approximate surface area is 166 Å². The molecule has 0 aliphatic rings. The second kappa shape index (κ2) is 9.89. The summed E-state index contributed by atoms with van der Waals surface area (Å²) in [5.74, 6) is 0. The summed E-state index contributed by atoms with van der Waals surface area (Å²) >= 11 is -0.824. The molecule has 2 aromatic rings. The molecule has 1 N–H and O–H groups in total. The predicted octanol–water partition coefficient (Wildman–Crippen LogP) is 4.36. The van der Waals surface area contributed by atoms with Gasteiger partial charge in [0.25, 0.3) is 0 Å². The van der Waals surface area contributed by atoms with Crippen LogP contribution in [-0.4, -0.2) is 43.2 Å². The van der Waals surface area contributed by atoms with Crippen molar-refractivity contribution in [2.75, 3.05) is 7.05 Å². The van der Waals surface area contributed by atoms with Crippen LogP contribution in [0.25, 0.3) is 4.83 Å². The van der Waals surface area contributed by atoms with Crippen molar-refractivity contribution in [3.05, 3.63) is 12.5 Å². The molecule has 0 unspecified atom stereocenters. The normalized spacial score (nSPS) is 12.9. The molecule has 2 rings (SSSR count). The third-order valence-electron chi connectivity index (χ3n) is 5.25. The molecule has 148 valence electrons. The molecule has 5 nitrogen and oxygen atoms in total. The van der Waals surface area contributed by atoms with Crippen LogP contribution in [0.4, 0.5) is 0 Å². The summed E-state index contributed by atoms with van der Waals surface area (Å²) in [6, 6.07) is 0. The van der Waals surface area contributed by atoms with Gasteiger partial charge in [0, 0.05) is 0 Å². The summed E-state index contributed by atoms with van der Waals surface area (Å²) in [5, 5.41) is 0.179. The Kier molecular flexibility index (Phi) is 8.43. The molecule has 0 fully saturated rings. The number of nitrogens with zero attached hydrogens (tertiary/aromatic N) is 2. The van der Waals surface area contributed by atoms with Crippen LogP contribution in [-0.2, 0) is 10.0 Å². The van der Waals surface area contributed by atoms with Crippen molar-refractivity contribution in [1.82, 2.24) is 14.1 Å². The van der Waals surface area contributed by atoms with Gasteiger partial charge in [-0.3, -0.25) is 0 Å². The Hall–Kier alpha value is -0.121. The van der Waals surface area contributed by atoms with E-state index in [2.05, 4.69) is 36.7 Å². The van der Waals surface area contributed by atoms with Crippen molar-refractivity contribution < 1.29 is 8.42 Å². The molecule has 8 heteroatoms. The van der Waals surface area contributed by atoms with Gasteiger partial charge in [-0.15, -0.1) is 0 Å². The second-order valence-corrected chi connectivity index (χ2v) is 24.1. The zero-order valence-electron chi connectivity index (χ0n) is 16.5. The molecule has 0 aliphatic carbocycles. The molecule has 0 atom stereocenters. The maximum absolute atomic E-state index is 12.3. The molecule has 0 radical (unpaired) electrons. The van der Waals surface area contributed by atoms with E-state index in [0.29, 0.717) is 0 Å². The molecule has 0 bridgehead atoms. The number of nitrogens with one attached hydrogen (secondary N) is 1. The van der Waals surface area contributed by atoms with Gasteiger partial charge < -0.3 is 0 Å². The topological polar surface area (TPSA) is 63.5 Å². The van der Waals surface area contributed by atoms with Crippen molar-refractivity contribution in [2.24, 2.45) is 0 Å². The van der Waals surface area contributed by atoms with Crippen LogP contribution in [0, 0.1) is 0 Å². The molecular formula is C18H33N3O2S2Sn. The summed E-state index contributed by atoms with van der Waals surface area (Å²) < 4.78 is 34.6. The van der Waals surface area contributed by atoms with E-state index in [1.165, 1.54) is 61.8 Å². The summed E-state index contributed by atoms with van der Waals surface area (Å²) in [5.41, 5.74) is 0. The number of fused-ring (bicyclic) bond motifs is 1. The fraction of sp³-hybridized carbons (Fsp3) is 0.722. The molecule has 0 amide bonds. The molecule has 2 heterocycles. The van der Waals surface area contributed by atoms with E-state index in [0.717, 1.165) is 4.83 Å². The summed E-state index contributed by atoms with van der Waals surface area (Å²) in [7, 11) is -2.07. The maximum atomic E-state index is 12.3. The Bertz CT molecular complexity index is 777. The average Bonchev–Trinajstić information content (AvgIpc) is 3.22. The Balaban J connectivity index is 2.51. The monoisotopic (exact) mass is 507 g/mol. The van der Waals surface area contributed by atoms with Crippen molar-refractivity contribution in [3.63, 3.8) is 0 Å². The average molecular weight is 506 g/mol. The zero-order valence-corrected chi connectivity index (χ0v) is 21.0. The first-order valence-electron chi connectivity index (χ1n) is 9.84. The van der Waals surface area contributed by atoms with Crippen molar-refractivity contribution >= 4 is 47.5 Å². The first-order valence-corrected chi connectivity index (χ1v) is 19.6. The van der Waals surface area contributed by atoms with Crippen molar-refractivity contribution in [2.45, 2.75) is 77.6 Å². The van der Waals surface area contributed by atoms with Crippen molar-refractivity contribution in [1.29, 1.82) is 0 Å². The molecule has 0 saturated carbocycles. The third kappa shape index (κ3) is 4.83. The molecule has 0 saturated heterocycles. The third-order valence-corrected chi connectivity index (χ3v) is 26.0. The van der Waals surface area contributed by atoms with Crippen LogP contribution in [0.5, 0.6) is 0 Å². The minimum atomic E-state index is -3.51. The Morgan fingerprint density at radius 3 is 2.08 bits per heavy atom. The van der Waals surface area contributed by atoms with Gasteiger partial charge in [-0.1, -0.05) is 0 Å². The number of thiazole rings is 1. The van der Waals surface area contributed by atoms with E-state index in [9.17, 15) is 8.42 Å². The van der Waals surface area contributed by atoms with Crippen LogP contribution in [0.1, 0.15) is 59.3 Å². The molecule has 0 aromatic carbocycles. The predicted molar refractivity (Wildman–Crippen MR) is 114 cm³/mol. The number of rotatable bonds is 12. The van der Waals surface area contributed by atoms with Crippen LogP contribution >= 0.6 is 11.3 Å². The molecule has 0 aliphatic heterocycles. The number of unbranched alkanes of at least 4 members (excludes halogenated alkanes) is 3. The molecule has 0 spiro atoms. The van der Waals surface area contributed by atoms with E-state index in [1.54, 1.807) is 17.7 Å². The fourth-order valence-corrected chi connectivity index (χ4v) is 24.7. The first kappa shape index (κ1) is 22.2. The van der Waals surface area contributed by atoms with E-state index in [1.807, 2.05) is 4.40 Å². The molecular weight excluding hydrogens is 473 g/mol. The van der Waals surface area contributed by atoms with Gasteiger partial charge in [0.1, 0.15) is 0 Å². The quantitative estimate of drug-likeness (QED) is 0.436. The van der Waals surface area contributed by atoms with Gasteiger partial charge in [0.05, 0.1) is 0 Å². The minimum absolute atomic E-state index is 0.179. The fourth-order valence-electron chi connectivity index (χ4n) is 3.59. The van der Waals surface area contributed by atoms with Crippen LogP contribution < -0.4 is 7.62 Å². The van der Waals surface area contributed by atoms with Gasteiger partial charge in [-0.2, -0.15) is 0 Å². The summed E-state index contributed by atoms with van der Waals surface area (Å²) in [4.78, 5) is 4.93. The number of aromatic nitrogens is 2. The molecule has 2 aromatic heterocycles. The van der Waals surface area contributed by atoms with E-state index in [-0.39, 0.29) is 5.03 Å². The number of sulfonamides is 1. The second-order valence-electron chi connectivity index (χ2n) is 7.16. The SMILES string of the molecule is CCC[CH2][Sn]([CH2]CCC)([CH2]CCC)[c]1cn2cnc(S(=O)(=O)NC)c2s1. The van der Waals surface area contributed by atoms with Crippen LogP contribution in [0.15, 0.2) is 17.6 Å². The molecule has 26 heavy (non-hydrogen) atoms. The van der Waals surface area contributed by atoms with Crippen molar-refractivity contribution in [3.8, 4) is 0 Å². The summed E-state index contributed by atoms with van der Waals surface area (Å²) in [6.07, 6.45) is 11.5. The van der Waals surface area contributed by atoms with Gasteiger partial charge in [-0.05, 0) is 0 Å². The van der Waals surface area contributed by atoms with E-state index < -0.39 is 28.4 Å². The number of hydrogen-bond donors (Lipinski definition) is 1. The van der Waals surface area contributed by atoms with E-state index in [4.69, 9.17) is 0 Å². The standard InChI is InChI=1S/C6H6N3O2S2.3C4H9.Sn/c1-7-13(10,11)5-6-9(4-8-5)2-3-12-6;3*1-3-4-2;/h2,4,7H,1H3;3*1,3-4H2,2H3;. The van der Waals surface area contributed by atoms with E-state index >= 15 is 0 Å².